The average Bonchev–Trinajstić information content (AvgIpc) is 2.67. The molecule has 4 nitrogen and oxygen atoms in total. The van der Waals surface area contributed by atoms with E-state index in [0.717, 1.165) is 24.0 Å². The van der Waals surface area contributed by atoms with E-state index in [1.54, 1.807) is 0 Å². The van der Waals surface area contributed by atoms with Gasteiger partial charge in [0.2, 0.25) is 0 Å². The van der Waals surface area contributed by atoms with E-state index in [-0.39, 0.29) is 0 Å². The molecule has 180 valence electrons. The quantitative estimate of drug-likeness (QED) is 0.114. The fourth-order valence-corrected chi connectivity index (χ4v) is 6.72. The predicted molar refractivity (Wildman–Crippen MR) is 132 cm³/mol. The zero-order chi connectivity index (χ0) is 22.3. The second-order valence-electron chi connectivity index (χ2n) is 10.5. The first-order chi connectivity index (χ1) is 14.2. The van der Waals surface area contributed by atoms with Gasteiger partial charge in [0.25, 0.3) is 0 Å². The molecule has 0 aromatic carbocycles. The summed E-state index contributed by atoms with van der Waals surface area (Å²) in [5.41, 5.74) is 6.79. The summed E-state index contributed by atoms with van der Waals surface area (Å²) >= 11 is -1.58. The first-order valence-electron chi connectivity index (χ1n) is 12.6. The van der Waals surface area contributed by atoms with E-state index in [2.05, 4.69) is 24.1 Å². The summed E-state index contributed by atoms with van der Waals surface area (Å²) < 4.78 is 22.5. The van der Waals surface area contributed by atoms with Gasteiger partial charge in [-0.15, -0.1) is 0 Å². The molecule has 0 spiro atoms. The van der Waals surface area contributed by atoms with Crippen molar-refractivity contribution in [2.45, 2.75) is 126 Å². The van der Waals surface area contributed by atoms with E-state index < -0.39 is 21.4 Å². The molecular weight excluding hydrogens is 458 g/mol. The molecule has 0 heterocycles. The molecule has 0 aromatic rings. The van der Waals surface area contributed by atoms with Crippen LogP contribution in [0.25, 0.3) is 0 Å². The predicted octanol–water partition coefficient (Wildman–Crippen LogP) is 8.58. The summed E-state index contributed by atoms with van der Waals surface area (Å²) in [6.45, 7) is 2.99. The molecule has 1 fully saturated rings. The van der Waals surface area contributed by atoms with E-state index in [9.17, 15) is 9.46 Å². The first-order valence-corrected chi connectivity index (χ1v) is 21.1. The maximum atomic E-state index is 12.1. The normalized spacial score (nSPS) is 22.2. The van der Waals surface area contributed by atoms with Gasteiger partial charge in [0.05, 0.1) is 0 Å². The molecule has 0 saturated heterocycles. The number of phosphoric ester groups is 1. The van der Waals surface area contributed by atoms with E-state index in [4.69, 9.17) is 9.05 Å². The van der Waals surface area contributed by atoms with Crippen molar-refractivity contribution in [3.8, 4) is 0 Å². The van der Waals surface area contributed by atoms with Crippen molar-refractivity contribution in [1.29, 1.82) is 0 Å². The third-order valence-electron chi connectivity index (χ3n) is 6.42. The van der Waals surface area contributed by atoms with Gasteiger partial charge in [-0.2, -0.15) is 0 Å². The Kier molecular flexibility index (Phi) is 15.6. The van der Waals surface area contributed by atoms with Crippen molar-refractivity contribution in [2.75, 3.05) is 13.2 Å². The fourth-order valence-electron chi connectivity index (χ4n) is 4.27. The SMILES string of the molecule is CCCCCCCCCCCCC1CCC(COP(=O)(O)OCC[As+](C)(C)C)CC1. The van der Waals surface area contributed by atoms with Crippen LogP contribution in [-0.2, 0) is 13.6 Å². The summed E-state index contributed by atoms with van der Waals surface area (Å²) in [4.78, 5) is 9.88. The Morgan fingerprint density at radius 1 is 0.800 bits per heavy atom. The summed E-state index contributed by atoms with van der Waals surface area (Å²) in [7, 11) is -3.87. The summed E-state index contributed by atoms with van der Waals surface area (Å²) in [5.74, 6) is 1.27. The molecule has 1 atom stereocenters. The van der Waals surface area contributed by atoms with Gasteiger partial charge in [-0.3, -0.25) is 0 Å². The van der Waals surface area contributed by atoms with Gasteiger partial charge in [0.1, 0.15) is 0 Å². The van der Waals surface area contributed by atoms with Crippen molar-refractivity contribution in [3.63, 3.8) is 0 Å². The van der Waals surface area contributed by atoms with E-state index in [1.807, 2.05) is 0 Å². The van der Waals surface area contributed by atoms with Gasteiger partial charge >= 0.3 is 126 Å². The van der Waals surface area contributed by atoms with Crippen LogP contribution in [0.5, 0.6) is 0 Å². The molecule has 1 rings (SSSR count). The molecule has 1 saturated carbocycles. The number of rotatable bonds is 18. The van der Waals surface area contributed by atoms with Crippen LogP contribution < -0.4 is 0 Å². The van der Waals surface area contributed by atoms with Crippen molar-refractivity contribution < 1.29 is 18.5 Å². The van der Waals surface area contributed by atoms with E-state index >= 15 is 0 Å². The second kappa shape index (κ2) is 16.3. The molecule has 1 aliphatic carbocycles. The number of hydrogen-bond acceptors (Lipinski definition) is 3. The van der Waals surface area contributed by atoms with E-state index in [1.165, 1.54) is 83.5 Å². The van der Waals surface area contributed by atoms with Crippen LogP contribution in [0.3, 0.4) is 0 Å². The molecule has 0 radical (unpaired) electrons. The summed E-state index contributed by atoms with van der Waals surface area (Å²) in [6, 6.07) is 0. The minimum absolute atomic E-state index is 0.343. The Morgan fingerprint density at radius 3 is 1.83 bits per heavy atom. The first kappa shape index (κ1) is 28.7. The molecule has 0 bridgehead atoms. The second-order valence-corrected chi connectivity index (χ2v) is 22.5. The van der Waals surface area contributed by atoms with Crippen LogP contribution in [-0.4, -0.2) is 31.7 Å². The van der Waals surface area contributed by atoms with Crippen LogP contribution in [0.15, 0.2) is 0 Å². The number of unbranched alkanes of at least 4 members (excludes halogenated alkanes) is 9. The van der Waals surface area contributed by atoms with Gasteiger partial charge in [-0.1, -0.05) is 64.7 Å². The summed E-state index contributed by atoms with van der Waals surface area (Å²) in [5, 5.41) is 0.913. The average molecular weight is 510 g/mol. The molecule has 0 aromatic heterocycles. The molecule has 0 amide bonds. The van der Waals surface area contributed by atoms with Crippen LogP contribution >= 0.6 is 7.82 Å². The Labute approximate surface area is 190 Å². The number of phosphoric acid groups is 1. The molecular formula is C24H51AsO4P+. The number of hydrogen-bond donors (Lipinski definition) is 1. The van der Waals surface area contributed by atoms with Crippen LogP contribution in [0, 0.1) is 11.8 Å². The fraction of sp³-hybridized carbons (Fsp3) is 1.00. The maximum absolute atomic E-state index is 12.1. The van der Waals surface area contributed by atoms with Crippen molar-refractivity contribution in [1.82, 2.24) is 0 Å². The van der Waals surface area contributed by atoms with Crippen LogP contribution in [0.4, 0.5) is 0 Å². The van der Waals surface area contributed by atoms with Crippen molar-refractivity contribution in [2.24, 2.45) is 11.8 Å². The van der Waals surface area contributed by atoms with E-state index in [0.29, 0.717) is 19.1 Å². The van der Waals surface area contributed by atoms with Crippen molar-refractivity contribution >= 4 is 21.4 Å². The van der Waals surface area contributed by atoms with Crippen LogP contribution in [0.1, 0.15) is 103 Å². The molecule has 1 unspecified atom stereocenters. The Hall–Kier alpha value is 0.668. The molecule has 1 N–H and O–H groups in total. The van der Waals surface area contributed by atoms with Gasteiger partial charge in [0, 0.05) is 0 Å². The third kappa shape index (κ3) is 16.3. The van der Waals surface area contributed by atoms with Gasteiger partial charge in [-0.25, -0.2) is 0 Å². The molecule has 30 heavy (non-hydrogen) atoms. The van der Waals surface area contributed by atoms with Crippen LogP contribution in [0.2, 0.25) is 22.3 Å². The van der Waals surface area contributed by atoms with Gasteiger partial charge in [-0.05, 0) is 0 Å². The zero-order valence-electron chi connectivity index (χ0n) is 20.4. The Bertz CT molecular complexity index is 459. The minimum atomic E-state index is -3.87. The van der Waals surface area contributed by atoms with Gasteiger partial charge in [0.15, 0.2) is 0 Å². The third-order valence-corrected chi connectivity index (χ3v) is 10.6. The zero-order valence-corrected chi connectivity index (χ0v) is 23.2. The summed E-state index contributed by atoms with van der Waals surface area (Å²) in [6.07, 6.45) is 20.1. The topological polar surface area (TPSA) is 55.8 Å². The Morgan fingerprint density at radius 2 is 1.30 bits per heavy atom. The standard InChI is InChI=1S/C24H50AsO4P/c1-5-6-7-8-9-10-11-12-13-14-15-23-16-18-24(19-17-23)22-29-30(26,27)28-21-20-25(2,3)4/h23-24H,5-22H2,1-4H3/p+1. The monoisotopic (exact) mass is 509 g/mol. The Balaban J connectivity index is 1.99. The van der Waals surface area contributed by atoms with Crippen molar-refractivity contribution in [3.05, 3.63) is 0 Å². The van der Waals surface area contributed by atoms with Gasteiger partial charge < -0.3 is 0 Å². The molecule has 6 heteroatoms. The molecule has 0 aliphatic heterocycles. The molecule has 1 aliphatic rings.